The molecule has 1 heterocycles. The van der Waals surface area contributed by atoms with Gasteiger partial charge in [0.05, 0.1) is 0 Å². The van der Waals surface area contributed by atoms with Crippen LogP contribution in [0.2, 0.25) is 0 Å². The Hall–Kier alpha value is -2.33. The number of hydrogen-bond acceptors (Lipinski definition) is 3. The fourth-order valence-corrected chi connectivity index (χ4v) is 3.29. The Morgan fingerprint density at radius 2 is 1.84 bits per heavy atom. The van der Waals surface area contributed by atoms with Crippen molar-refractivity contribution in [2.24, 2.45) is 5.92 Å². The van der Waals surface area contributed by atoms with Gasteiger partial charge < -0.3 is 14.5 Å². The lowest BCUT2D eigenvalue weighted by molar-refractivity contribution is 0.0785. The highest BCUT2D eigenvalue weighted by atomic mass is 16.5. The number of carbonyl (C=O) groups excluding carboxylic acids is 1. The molecule has 0 aromatic heterocycles. The lowest BCUT2D eigenvalue weighted by atomic mass is 10.1. The van der Waals surface area contributed by atoms with Crippen LogP contribution in [0.5, 0.6) is 5.75 Å². The molecule has 25 heavy (non-hydrogen) atoms. The molecule has 2 aromatic carbocycles. The van der Waals surface area contributed by atoms with Gasteiger partial charge in [0.1, 0.15) is 12.4 Å². The Morgan fingerprint density at radius 1 is 1.12 bits per heavy atom. The Kier molecular flexibility index (Phi) is 5.71. The van der Waals surface area contributed by atoms with Crippen molar-refractivity contribution < 1.29 is 9.53 Å². The van der Waals surface area contributed by atoms with E-state index in [2.05, 4.69) is 19.0 Å². The molecule has 1 aliphatic rings. The van der Waals surface area contributed by atoms with Crippen LogP contribution in [0, 0.1) is 5.92 Å². The zero-order valence-electron chi connectivity index (χ0n) is 15.0. The summed E-state index contributed by atoms with van der Waals surface area (Å²) in [6.07, 6.45) is 1.09. The molecule has 1 amide bonds. The summed E-state index contributed by atoms with van der Waals surface area (Å²) in [5.41, 5.74) is 1.82. The minimum atomic E-state index is 0.136. The Morgan fingerprint density at radius 3 is 2.52 bits per heavy atom. The van der Waals surface area contributed by atoms with Crippen molar-refractivity contribution in [2.75, 3.05) is 33.7 Å². The summed E-state index contributed by atoms with van der Waals surface area (Å²) in [6.45, 7) is 3.26. The van der Waals surface area contributed by atoms with E-state index in [1.54, 1.807) is 0 Å². The topological polar surface area (TPSA) is 32.8 Å². The third kappa shape index (κ3) is 4.83. The van der Waals surface area contributed by atoms with Gasteiger partial charge in [-0.25, -0.2) is 0 Å². The van der Waals surface area contributed by atoms with Crippen molar-refractivity contribution in [3.63, 3.8) is 0 Å². The van der Waals surface area contributed by atoms with E-state index in [4.69, 9.17) is 4.74 Å². The molecule has 132 valence electrons. The highest BCUT2D eigenvalue weighted by Crippen LogP contribution is 2.20. The minimum Gasteiger partial charge on any atom is -0.489 e. The number of para-hydroxylation sites is 1. The molecule has 1 fully saturated rings. The van der Waals surface area contributed by atoms with Gasteiger partial charge in [0.15, 0.2) is 0 Å². The van der Waals surface area contributed by atoms with E-state index in [1.165, 1.54) is 0 Å². The van der Waals surface area contributed by atoms with Crippen molar-refractivity contribution in [3.05, 3.63) is 65.7 Å². The third-order valence-electron chi connectivity index (χ3n) is 4.55. The highest BCUT2D eigenvalue weighted by Gasteiger charge is 2.27. The van der Waals surface area contributed by atoms with E-state index in [0.717, 1.165) is 42.9 Å². The summed E-state index contributed by atoms with van der Waals surface area (Å²) >= 11 is 0. The molecule has 0 N–H and O–H groups in total. The molecular formula is C21H26N2O2. The molecule has 2 aromatic rings. The second-order valence-corrected chi connectivity index (χ2v) is 6.97. The average molecular weight is 338 g/mol. The molecule has 0 radical (unpaired) electrons. The summed E-state index contributed by atoms with van der Waals surface area (Å²) in [7, 11) is 4.17. The van der Waals surface area contributed by atoms with Crippen LogP contribution in [0.4, 0.5) is 0 Å². The van der Waals surface area contributed by atoms with Crippen LogP contribution >= 0.6 is 0 Å². The van der Waals surface area contributed by atoms with E-state index in [9.17, 15) is 4.79 Å². The second-order valence-electron chi connectivity index (χ2n) is 6.97. The first kappa shape index (κ1) is 17.5. The molecule has 4 nitrogen and oxygen atoms in total. The maximum Gasteiger partial charge on any atom is 0.253 e. The quantitative estimate of drug-likeness (QED) is 0.810. The Balaban J connectivity index is 1.54. The van der Waals surface area contributed by atoms with E-state index >= 15 is 0 Å². The summed E-state index contributed by atoms with van der Waals surface area (Å²) in [5, 5.41) is 0. The molecule has 1 atom stereocenters. The van der Waals surface area contributed by atoms with Gasteiger partial charge in [-0.05, 0) is 56.3 Å². The number of benzene rings is 2. The third-order valence-corrected chi connectivity index (χ3v) is 4.55. The number of amides is 1. The number of hydrogen-bond donors (Lipinski definition) is 0. The number of carbonyl (C=O) groups is 1. The highest BCUT2D eigenvalue weighted by molar-refractivity contribution is 5.94. The molecule has 4 heteroatoms. The number of likely N-dealkylation sites (tertiary alicyclic amines) is 1. The first-order chi connectivity index (χ1) is 12.1. The molecule has 1 aliphatic heterocycles. The summed E-state index contributed by atoms with van der Waals surface area (Å²) in [6, 6.07) is 17.5. The fourth-order valence-electron chi connectivity index (χ4n) is 3.29. The van der Waals surface area contributed by atoms with Gasteiger partial charge in [-0.15, -0.1) is 0 Å². The Labute approximate surface area is 150 Å². The zero-order valence-corrected chi connectivity index (χ0v) is 15.0. The van der Waals surface area contributed by atoms with E-state index in [-0.39, 0.29) is 5.91 Å². The van der Waals surface area contributed by atoms with Crippen molar-refractivity contribution in [3.8, 4) is 5.75 Å². The van der Waals surface area contributed by atoms with Crippen LogP contribution in [0.1, 0.15) is 22.3 Å². The molecule has 1 saturated heterocycles. The smallest absolute Gasteiger partial charge is 0.253 e. The number of ether oxygens (including phenoxy) is 1. The summed E-state index contributed by atoms with van der Waals surface area (Å²) in [5.74, 6) is 1.57. The predicted molar refractivity (Wildman–Crippen MR) is 99.8 cm³/mol. The van der Waals surface area contributed by atoms with E-state index in [0.29, 0.717) is 12.5 Å². The minimum absolute atomic E-state index is 0.136. The van der Waals surface area contributed by atoms with Gasteiger partial charge in [-0.1, -0.05) is 30.3 Å². The van der Waals surface area contributed by atoms with Gasteiger partial charge in [-0.2, -0.15) is 0 Å². The van der Waals surface area contributed by atoms with Crippen molar-refractivity contribution in [1.29, 1.82) is 0 Å². The first-order valence-corrected chi connectivity index (χ1v) is 8.82. The summed E-state index contributed by atoms with van der Waals surface area (Å²) < 4.78 is 5.74. The van der Waals surface area contributed by atoms with Crippen LogP contribution in [-0.2, 0) is 6.61 Å². The van der Waals surface area contributed by atoms with Crippen LogP contribution in [-0.4, -0.2) is 49.4 Å². The van der Waals surface area contributed by atoms with Crippen LogP contribution in [0.15, 0.2) is 54.6 Å². The monoisotopic (exact) mass is 338 g/mol. The van der Waals surface area contributed by atoms with Gasteiger partial charge in [0.2, 0.25) is 0 Å². The molecule has 0 aliphatic carbocycles. The van der Waals surface area contributed by atoms with Crippen molar-refractivity contribution >= 4 is 5.91 Å². The lowest BCUT2D eigenvalue weighted by Gasteiger charge is -2.18. The molecule has 3 rings (SSSR count). The molecule has 0 spiro atoms. The van der Waals surface area contributed by atoms with Gasteiger partial charge in [0, 0.05) is 25.2 Å². The molecule has 0 unspecified atom stereocenters. The Bertz CT molecular complexity index is 683. The van der Waals surface area contributed by atoms with Crippen LogP contribution in [0.3, 0.4) is 0 Å². The first-order valence-electron chi connectivity index (χ1n) is 8.82. The van der Waals surface area contributed by atoms with Crippen LogP contribution in [0.25, 0.3) is 0 Å². The molecule has 0 saturated carbocycles. The van der Waals surface area contributed by atoms with Crippen molar-refractivity contribution in [1.82, 2.24) is 9.80 Å². The average Bonchev–Trinajstić information content (AvgIpc) is 3.08. The normalized spacial score (nSPS) is 17.1. The molecule has 0 bridgehead atoms. The summed E-state index contributed by atoms with van der Waals surface area (Å²) in [4.78, 5) is 16.8. The maximum atomic E-state index is 12.7. The van der Waals surface area contributed by atoms with Gasteiger partial charge in [-0.3, -0.25) is 4.79 Å². The standard InChI is InChI=1S/C21H26N2O2/c1-22(2)14-18-12-13-23(15-18)21(24)19-10-8-17(9-11-19)16-25-20-6-4-3-5-7-20/h3-11,18H,12-16H2,1-2H3/t18-/m0/s1. The lowest BCUT2D eigenvalue weighted by Crippen LogP contribution is -2.30. The van der Waals surface area contributed by atoms with Gasteiger partial charge in [0.25, 0.3) is 5.91 Å². The molecular weight excluding hydrogens is 312 g/mol. The van der Waals surface area contributed by atoms with E-state index < -0.39 is 0 Å². The predicted octanol–water partition coefficient (Wildman–Crippen LogP) is 3.29. The van der Waals surface area contributed by atoms with Crippen LogP contribution < -0.4 is 4.74 Å². The SMILES string of the molecule is CN(C)C[C@@H]1CCN(C(=O)c2ccc(COc3ccccc3)cc2)C1. The number of rotatable bonds is 6. The largest absolute Gasteiger partial charge is 0.489 e. The van der Waals surface area contributed by atoms with Crippen molar-refractivity contribution in [2.45, 2.75) is 13.0 Å². The van der Waals surface area contributed by atoms with Gasteiger partial charge >= 0.3 is 0 Å². The zero-order chi connectivity index (χ0) is 17.6. The number of nitrogens with zero attached hydrogens (tertiary/aromatic N) is 2. The second kappa shape index (κ2) is 8.17. The fraction of sp³-hybridized carbons (Fsp3) is 0.381. The van der Waals surface area contributed by atoms with E-state index in [1.807, 2.05) is 59.5 Å². The maximum absolute atomic E-state index is 12.7.